The van der Waals surface area contributed by atoms with Crippen molar-refractivity contribution in [1.29, 1.82) is 0 Å². The summed E-state index contributed by atoms with van der Waals surface area (Å²) in [6.45, 7) is 4.41. The van der Waals surface area contributed by atoms with E-state index in [1.165, 1.54) is 22.8 Å². The first kappa shape index (κ1) is 34.7. The summed E-state index contributed by atoms with van der Waals surface area (Å²) in [5, 5.41) is 12.0. The van der Waals surface area contributed by atoms with E-state index in [0.29, 0.717) is 21.9 Å². The van der Waals surface area contributed by atoms with Crippen LogP contribution in [0.5, 0.6) is 0 Å². The number of hydrogen-bond donors (Lipinski definition) is 4. The first-order valence-corrected chi connectivity index (χ1v) is 16.3. The number of carboxylic acids is 1. The summed E-state index contributed by atoms with van der Waals surface area (Å²) in [7, 11) is -3.49. The second-order valence-electron chi connectivity index (χ2n) is 11.6. The smallest absolute Gasteiger partial charge is 0.329 e. The Kier molecular flexibility index (Phi) is 10.1. The van der Waals surface area contributed by atoms with Crippen LogP contribution in [0.1, 0.15) is 32.6 Å². The number of carbonyl (C=O) groups is 2. The van der Waals surface area contributed by atoms with Gasteiger partial charge in [0.05, 0.1) is 34.4 Å². The lowest BCUT2D eigenvalue weighted by molar-refractivity contribution is -0.138. The van der Waals surface area contributed by atoms with Crippen LogP contribution in [-0.4, -0.2) is 47.5 Å². The van der Waals surface area contributed by atoms with Crippen LogP contribution in [0.15, 0.2) is 77.7 Å². The maximum absolute atomic E-state index is 16.3. The Morgan fingerprint density at radius 2 is 1.69 bits per heavy atom. The molecule has 0 aliphatic carbocycles. The first-order valence-electron chi connectivity index (χ1n) is 15.1. The molecule has 0 saturated heterocycles. The van der Waals surface area contributed by atoms with E-state index >= 15 is 8.78 Å². The molecule has 11 nitrogen and oxygen atoms in total. The lowest BCUT2D eigenvalue weighted by atomic mass is 10.0. The van der Waals surface area contributed by atoms with Gasteiger partial charge < -0.3 is 20.7 Å². The van der Waals surface area contributed by atoms with E-state index in [9.17, 15) is 27.9 Å². The number of aliphatic carboxylic acids is 1. The number of fused-ring (bicyclic) bond motifs is 1. The number of aryl methyl sites for hydroxylation is 5. The first-order chi connectivity index (χ1) is 23.3. The number of benzene rings is 3. The predicted octanol–water partition coefficient (Wildman–Crippen LogP) is 4.31. The van der Waals surface area contributed by atoms with Gasteiger partial charge in [-0.25, -0.2) is 27.0 Å². The second-order valence-corrected chi connectivity index (χ2v) is 12.5. The van der Waals surface area contributed by atoms with Gasteiger partial charge in [0, 0.05) is 12.7 Å². The summed E-state index contributed by atoms with van der Waals surface area (Å²) in [4.78, 5) is 43.7. The number of hydrogen-bond acceptors (Lipinski definition) is 7. The summed E-state index contributed by atoms with van der Waals surface area (Å²) < 4.78 is 58.8. The van der Waals surface area contributed by atoms with Crippen molar-refractivity contribution < 1.29 is 31.9 Å². The Hall–Kier alpha value is -5.63. The van der Waals surface area contributed by atoms with Gasteiger partial charge in [-0.1, -0.05) is 54.1 Å². The maximum Gasteiger partial charge on any atom is 0.329 e. The summed E-state index contributed by atoms with van der Waals surface area (Å²) in [5.41, 5.74) is 6.17. The zero-order valence-electron chi connectivity index (χ0n) is 26.7. The van der Waals surface area contributed by atoms with Crippen molar-refractivity contribution >= 4 is 45.2 Å². The molecule has 5 rings (SSSR count). The van der Waals surface area contributed by atoms with E-state index in [1.54, 1.807) is 26.0 Å². The van der Waals surface area contributed by atoms with Crippen LogP contribution in [-0.2, 0) is 28.7 Å². The molecule has 0 aliphatic heterocycles. The normalized spacial score (nSPS) is 11.9. The molecule has 0 bridgehead atoms. The van der Waals surface area contributed by atoms with E-state index in [0.717, 1.165) is 23.4 Å². The average molecular weight is 690 g/mol. The quantitative estimate of drug-likeness (QED) is 0.149. The number of carbonyl (C=O) groups excluding carboxylic acids is 1. The van der Waals surface area contributed by atoms with E-state index in [4.69, 9.17) is 5.73 Å². The Balaban J connectivity index is 1.58. The molecule has 0 fully saturated rings. The Morgan fingerprint density at radius 1 is 1.02 bits per heavy atom. The number of nitrogen functional groups attached to an aromatic ring is 1. The zero-order chi connectivity index (χ0) is 35.6. The number of nitrogens with zero attached hydrogens (tertiary/aromatic N) is 3. The van der Waals surface area contributed by atoms with Crippen LogP contribution in [0, 0.1) is 32.4 Å². The van der Waals surface area contributed by atoms with Crippen LogP contribution in [0.3, 0.4) is 0 Å². The van der Waals surface area contributed by atoms with E-state index in [-0.39, 0.29) is 29.3 Å². The van der Waals surface area contributed by atoms with Crippen LogP contribution < -0.4 is 20.8 Å². The summed E-state index contributed by atoms with van der Waals surface area (Å²) in [6, 6.07) is 15.9. The number of pyridine rings is 2. The molecule has 1 unspecified atom stereocenters. The van der Waals surface area contributed by atoms with Crippen molar-refractivity contribution in [3.05, 3.63) is 123 Å². The van der Waals surface area contributed by atoms with Crippen molar-refractivity contribution in [2.75, 3.05) is 16.6 Å². The highest BCUT2D eigenvalue weighted by Gasteiger charge is 2.32. The number of amides is 1. The highest BCUT2D eigenvalue weighted by Crippen LogP contribution is 2.31. The third-order valence-electron chi connectivity index (χ3n) is 8.09. The lowest BCUT2D eigenvalue weighted by Gasteiger charge is -2.28. The van der Waals surface area contributed by atoms with Gasteiger partial charge in [0.15, 0.2) is 11.9 Å². The molecule has 4 N–H and O–H groups in total. The Labute approximate surface area is 281 Å². The standard InChI is InChI=1S/C35H33F2N5O6S/c1-19-14-20(2)31(21(3)15-19)42(49(47)48)27(35(45)46)17-39-34(44)24-18-41(13-12-22-8-5-4-6-9-22)32-23(33(24)43)16-25(36)29(30(32)37)26-10-7-11-28(38)40-26/h4-11,14-16,18,27,49H,12-13,17H2,1-3H3,(H2,38,40)(H,39,44)(H,45,46). The molecule has 14 heteroatoms. The maximum atomic E-state index is 16.3. The van der Waals surface area contributed by atoms with Gasteiger partial charge in [0.2, 0.25) is 16.3 Å². The van der Waals surface area contributed by atoms with Crippen LogP contribution in [0.2, 0.25) is 0 Å². The van der Waals surface area contributed by atoms with Gasteiger partial charge in [0.1, 0.15) is 17.2 Å². The molecule has 3 aromatic carbocycles. The lowest BCUT2D eigenvalue weighted by Crippen LogP contribution is -2.49. The SMILES string of the molecule is Cc1cc(C)c(N(C(CNC(=O)c2cn(CCc3ccccc3)c3c(F)c(-c4cccc(N)n4)c(F)cc3c2=O)C(=O)O)[SH](=O)=O)c(C)c1. The highest BCUT2D eigenvalue weighted by molar-refractivity contribution is 7.74. The van der Waals surface area contributed by atoms with E-state index in [1.807, 2.05) is 37.3 Å². The minimum atomic E-state index is -3.49. The molecule has 2 heterocycles. The molecule has 49 heavy (non-hydrogen) atoms. The van der Waals surface area contributed by atoms with Crippen molar-refractivity contribution in [2.24, 2.45) is 0 Å². The molecule has 1 atom stereocenters. The fourth-order valence-corrected chi connectivity index (χ4v) is 6.88. The van der Waals surface area contributed by atoms with E-state index < -0.39 is 68.9 Å². The minimum Gasteiger partial charge on any atom is -0.480 e. The number of rotatable bonds is 11. The Bertz CT molecular complexity index is 2210. The number of nitrogens with one attached hydrogen (secondary N) is 1. The molecule has 0 aliphatic rings. The molecular formula is C35H33F2N5O6S. The number of thiol groups is 1. The average Bonchev–Trinajstić information content (AvgIpc) is 3.03. The van der Waals surface area contributed by atoms with Crippen molar-refractivity contribution in [3.63, 3.8) is 0 Å². The van der Waals surface area contributed by atoms with E-state index in [2.05, 4.69) is 10.3 Å². The number of carboxylic acid groups (broad SMARTS) is 1. The molecule has 1 amide bonds. The summed E-state index contributed by atoms with van der Waals surface area (Å²) in [6.07, 6.45) is 1.46. The molecule has 5 aromatic rings. The van der Waals surface area contributed by atoms with Crippen LogP contribution in [0.4, 0.5) is 20.3 Å². The van der Waals surface area contributed by atoms with Gasteiger partial charge in [-0.05, 0) is 62.1 Å². The fourth-order valence-electron chi connectivity index (χ4n) is 5.99. The predicted molar refractivity (Wildman–Crippen MR) is 183 cm³/mol. The molecular weight excluding hydrogens is 656 g/mol. The number of halogens is 2. The number of aromatic nitrogens is 2. The molecule has 0 spiro atoms. The van der Waals surface area contributed by atoms with Crippen molar-refractivity contribution in [2.45, 2.75) is 39.8 Å². The Morgan fingerprint density at radius 3 is 2.31 bits per heavy atom. The zero-order valence-corrected chi connectivity index (χ0v) is 27.6. The summed E-state index contributed by atoms with van der Waals surface area (Å²) >= 11 is 0. The monoisotopic (exact) mass is 689 g/mol. The van der Waals surface area contributed by atoms with Crippen molar-refractivity contribution in [1.82, 2.24) is 14.9 Å². The third kappa shape index (κ3) is 7.14. The molecule has 2 aromatic heterocycles. The van der Waals surface area contributed by atoms with Gasteiger partial charge in [0.25, 0.3) is 5.91 Å². The topological polar surface area (TPSA) is 165 Å². The van der Waals surface area contributed by atoms with Crippen LogP contribution in [0.25, 0.3) is 22.2 Å². The largest absolute Gasteiger partial charge is 0.480 e. The fraction of sp³-hybridized carbons (Fsp3) is 0.200. The van der Waals surface area contributed by atoms with Crippen LogP contribution >= 0.6 is 0 Å². The molecule has 0 radical (unpaired) electrons. The van der Waals surface area contributed by atoms with Gasteiger partial charge in [-0.3, -0.25) is 13.9 Å². The number of anilines is 2. The number of nitrogens with two attached hydrogens (primary N) is 1. The minimum absolute atomic E-state index is 0.0253. The molecule has 0 saturated carbocycles. The second kappa shape index (κ2) is 14.2. The van der Waals surface area contributed by atoms with Gasteiger partial charge >= 0.3 is 5.97 Å². The molecule has 254 valence electrons. The highest BCUT2D eigenvalue weighted by atomic mass is 32.2. The van der Waals surface area contributed by atoms with Gasteiger partial charge in [-0.2, -0.15) is 0 Å². The van der Waals surface area contributed by atoms with Crippen molar-refractivity contribution in [3.8, 4) is 11.3 Å². The summed E-state index contributed by atoms with van der Waals surface area (Å²) in [5.74, 6) is -4.79. The van der Waals surface area contributed by atoms with Gasteiger partial charge in [-0.15, -0.1) is 0 Å². The third-order valence-corrected chi connectivity index (χ3v) is 8.92.